The minimum atomic E-state index is -0.234. The minimum Gasteiger partial charge on any atom is -0.349 e. The summed E-state index contributed by atoms with van der Waals surface area (Å²) in [5.41, 5.74) is 0.253. The van der Waals surface area contributed by atoms with Gasteiger partial charge in [-0.2, -0.15) is 0 Å². The van der Waals surface area contributed by atoms with Crippen molar-refractivity contribution in [2.45, 2.75) is 39.7 Å². The molecule has 2 rings (SSSR count). The highest BCUT2D eigenvalue weighted by Gasteiger charge is 2.22. The van der Waals surface area contributed by atoms with Gasteiger partial charge in [0, 0.05) is 19.1 Å². The van der Waals surface area contributed by atoms with Crippen LogP contribution in [0.4, 0.5) is 0 Å². The zero-order valence-electron chi connectivity index (χ0n) is 12.9. The van der Waals surface area contributed by atoms with Crippen molar-refractivity contribution in [2.24, 2.45) is 5.92 Å². The maximum Gasteiger partial charge on any atom is 0.271 e. The Kier molecular flexibility index (Phi) is 5.53. The number of aromatic nitrogens is 2. The zero-order chi connectivity index (χ0) is 15.4. The smallest absolute Gasteiger partial charge is 0.271 e. The predicted octanol–water partition coefficient (Wildman–Crippen LogP) is 2.29. The Balaban J connectivity index is 1.90. The molecule has 2 atom stereocenters. The maximum atomic E-state index is 12.2. The Labute approximate surface area is 131 Å². The second-order valence-electron chi connectivity index (χ2n) is 5.92. The van der Waals surface area contributed by atoms with Crippen molar-refractivity contribution in [3.8, 4) is 0 Å². The van der Waals surface area contributed by atoms with Gasteiger partial charge in [-0.25, -0.2) is 9.97 Å². The number of aryl methyl sites for hydroxylation is 1. The summed E-state index contributed by atoms with van der Waals surface area (Å²) < 4.78 is 0. The van der Waals surface area contributed by atoms with Gasteiger partial charge < -0.3 is 5.32 Å². The highest BCUT2D eigenvalue weighted by molar-refractivity contribution is 6.33. The second-order valence-corrected chi connectivity index (χ2v) is 6.32. The average molecular weight is 311 g/mol. The fourth-order valence-electron chi connectivity index (χ4n) is 2.69. The molecule has 1 aliphatic heterocycles. The lowest BCUT2D eigenvalue weighted by molar-refractivity contribution is 0.0912. The summed E-state index contributed by atoms with van der Waals surface area (Å²) in [7, 11) is 0. The molecular weight excluding hydrogens is 288 g/mol. The van der Waals surface area contributed by atoms with E-state index >= 15 is 0 Å². The van der Waals surface area contributed by atoms with E-state index in [0.29, 0.717) is 18.4 Å². The molecule has 1 aromatic heterocycles. The van der Waals surface area contributed by atoms with Gasteiger partial charge in [0.2, 0.25) is 0 Å². The number of rotatable bonds is 4. The van der Waals surface area contributed by atoms with Crippen LogP contribution in [0.25, 0.3) is 0 Å². The van der Waals surface area contributed by atoms with Gasteiger partial charge in [-0.1, -0.05) is 18.5 Å². The molecule has 0 aromatic carbocycles. The predicted molar refractivity (Wildman–Crippen MR) is 83.5 cm³/mol. The van der Waals surface area contributed by atoms with E-state index in [9.17, 15) is 4.79 Å². The van der Waals surface area contributed by atoms with Gasteiger partial charge in [0.1, 0.15) is 11.5 Å². The van der Waals surface area contributed by atoms with Gasteiger partial charge >= 0.3 is 0 Å². The van der Waals surface area contributed by atoms with Crippen LogP contribution in [0.2, 0.25) is 5.02 Å². The normalized spacial score (nSPS) is 21.0. The lowest BCUT2D eigenvalue weighted by Gasteiger charge is -2.35. The summed E-state index contributed by atoms with van der Waals surface area (Å²) in [6.45, 7) is 8.97. The lowest BCUT2D eigenvalue weighted by Crippen LogP contribution is -2.46. The van der Waals surface area contributed by atoms with Crippen molar-refractivity contribution >= 4 is 17.5 Å². The van der Waals surface area contributed by atoms with E-state index < -0.39 is 0 Å². The van der Waals surface area contributed by atoms with Crippen LogP contribution in [0.3, 0.4) is 0 Å². The van der Waals surface area contributed by atoms with E-state index in [2.05, 4.69) is 34.0 Å². The molecule has 2 heterocycles. The van der Waals surface area contributed by atoms with Crippen molar-refractivity contribution in [3.63, 3.8) is 0 Å². The third kappa shape index (κ3) is 4.38. The third-order valence-electron chi connectivity index (χ3n) is 3.95. The number of hydrogen-bond acceptors (Lipinski definition) is 4. The summed E-state index contributed by atoms with van der Waals surface area (Å²) in [5, 5.41) is 3.21. The highest BCUT2D eigenvalue weighted by Crippen LogP contribution is 2.17. The van der Waals surface area contributed by atoms with Gasteiger partial charge in [0.05, 0.1) is 11.2 Å². The van der Waals surface area contributed by atoms with Crippen molar-refractivity contribution in [1.82, 2.24) is 20.2 Å². The molecule has 0 spiro atoms. The van der Waals surface area contributed by atoms with Crippen LogP contribution in [-0.2, 0) is 0 Å². The quantitative estimate of drug-likeness (QED) is 0.927. The molecular formula is C15H23ClN4O. The standard InChI is InChI=1S/C15H23ClN4O/c1-10-5-4-6-20(9-10)11(2)7-18-15(21)14-13(16)8-17-12(3)19-14/h8,10-11H,4-7,9H2,1-3H3,(H,18,21)/t10-,11+/m1/s1. The van der Waals surface area contributed by atoms with Crippen LogP contribution < -0.4 is 5.32 Å². The van der Waals surface area contributed by atoms with Crippen LogP contribution in [-0.4, -0.2) is 46.5 Å². The Bertz CT molecular complexity index is 508. The third-order valence-corrected chi connectivity index (χ3v) is 4.23. The molecule has 0 aliphatic carbocycles. The molecule has 1 aromatic rings. The molecule has 1 fully saturated rings. The number of piperidine rings is 1. The first-order chi connectivity index (χ1) is 9.97. The number of carbonyl (C=O) groups is 1. The minimum absolute atomic E-state index is 0.234. The van der Waals surface area contributed by atoms with Crippen molar-refractivity contribution in [2.75, 3.05) is 19.6 Å². The van der Waals surface area contributed by atoms with Crippen LogP contribution in [0.15, 0.2) is 6.20 Å². The number of amides is 1. The molecule has 1 aliphatic rings. The van der Waals surface area contributed by atoms with Crippen LogP contribution in [0.5, 0.6) is 0 Å². The molecule has 6 heteroatoms. The van der Waals surface area contributed by atoms with Crippen LogP contribution in [0.1, 0.15) is 43.0 Å². The number of likely N-dealkylation sites (tertiary alicyclic amines) is 1. The summed E-state index contributed by atoms with van der Waals surface area (Å²) in [5.74, 6) is 1.04. The van der Waals surface area contributed by atoms with Crippen molar-refractivity contribution < 1.29 is 4.79 Å². The lowest BCUT2D eigenvalue weighted by atomic mass is 9.99. The fraction of sp³-hybridized carbons (Fsp3) is 0.667. The summed E-state index contributed by atoms with van der Waals surface area (Å²) in [6.07, 6.45) is 4.00. The Morgan fingerprint density at radius 2 is 2.38 bits per heavy atom. The summed E-state index contributed by atoms with van der Waals surface area (Å²) in [4.78, 5) is 22.7. The van der Waals surface area contributed by atoms with Crippen LogP contribution in [0, 0.1) is 12.8 Å². The van der Waals surface area contributed by atoms with E-state index in [4.69, 9.17) is 11.6 Å². The summed E-state index contributed by atoms with van der Waals surface area (Å²) in [6, 6.07) is 0.318. The molecule has 1 saturated heterocycles. The Hall–Kier alpha value is -1.20. The van der Waals surface area contributed by atoms with Crippen LogP contribution >= 0.6 is 11.6 Å². The van der Waals surface area contributed by atoms with Gasteiger partial charge in [-0.05, 0) is 39.2 Å². The number of carbonyl (C=O) groups excluding carboxylic acids is 1. The van der Waals surface area contributed by atoms with Crippen molar-refractivity contribution in [1.29, 1.82) is 0 Å². The SMILES string of the molecule is Cc1ncc(Cl)c(C(=O)NC[C@H](C)N2CCC[C@@H](C)C2)n1. The number of hydrogen-bond donors (Lipinski definition) is 1. The van der Waals surface area contributed by atoms with Gasteiger partial charge in [-0.15, -0.1) is 0 Å². The number of nitrogens with zero attached hydrogens (tertiary/aromatic N) is 3. The highest BCUT2D eigenvalue weighted by atomic mass is 35.5. The molecule has 21 heavy (non-hydrogen) atoms. The van der Waals surface area contributed by atoms with Crippen molar-refractivity contribution in [3.05, 3.63) is 22.7 Å². The van der Waals surface area contributed by atoms with E-state index in [1.807, 2.05) is 0 Å². The van der Waals surface area contributed by atoms with E-state index in [0.717, 1.165) is 19.0 Å². The topological polar surface area (TPSA) is 58.1 Å². The average Bonchev–Trinajstić information content (AvgIpc) is 2.47. The molecule has 116 valence electrons. The molecule has 0 radical (unpaired) electrons. The van der Waals surface area contributed by atoms with Gasteiger partial charge in [0.15, 0.2) is 0 Å². The van der Waals surface area contributed by atoms with E-state index in [1.165, 1.54) is 19.0 Å². The Morgan fingerprint density at radius 3 is 3.10 bits per heavy atom. The fourth-order valence-corrected chi connectivity index (χ4v) is 2.87. The molecule has 0 bridgehead atoms. The first-order valence-electron chi connectivity index (χ1n) is 7.48. The first kappa shape index (κ1) is 16.2. The molecule has 5 nitrogen and oxygen atoms in total. The zero-order valence-corrected chi connectivity index (χ0v) is 13.7. The monoisotopic (exact) mass is 310 g/mol. The number of halogens is 1. The molecule has 0 saturated carbocycles. The molecule has 1 N–H and O–H groups in total. The number of nitrogens with one attached hydrogen (secondary N) is 1. The van der Waals surface area contributed by atoms with Gasteiger partial charge in [-0.3, -0.25) is 9.69 Å². The second kappa shape index (κ2) is 7.18. The van der Waals surface area contributed by atoms with E-state index in [-0.39, 0.29) is 16.6 Å². The molecule has 1 amide bonds. The first-order valence-corrected chi connectivity index (χ1v) is 7.86. The molecule has 0 unspecified atom stereocenters. The van der Waals surface area contributed by atoms with Gasteiger partial charge in [0.25, 0.3) is 5.91 Å². The largest absolute Gasteiger partial charge is 0.349 e. The maximum absolute atomic E-state index is 12.2. The van der Waals surface area contributed by atoms with E-state index in [1.54, 1.807) is 6.92 Å². The Morgan fingerprint density at radius 1 is 1.62 bits per heavy atom. The summed E-state index contributed by atoms with van der Waals surface area (Å²) >= 11 is 5.98.